The maximum absolute atomic E-state index is 12.4. The first-order chi connectivity index (χ1) is 9.24. The quantitative estimate of drug-likeness (QED) is 0.463. The van der Waals surface area contributed by atoms with Gasteiger partial charge in [-0.05, 0) is 12.1 Å². The van der Waals surface area contributed by atoms with Crippen LogP contribution in [0.3, 0.4) is 0 Å². The number of benzene rings is 1. The second-order valence-corrected chi connectivity index (χ2v) is 4.63. The van der Waals surface area contributed by atoms with Crippen LogP contribution in [0.15, 0.2) is 24.3 Å². The Kier molecular flexibility index (Phi) is 5.49. The zero-order chi connectivity index (χ0) is 15.3. The summed E-state index contributed by atoms with van der Waals surface area (Å²) in [5, 5.41) is 10.7. The molecule has 1 rings (SSSR count). The van der Waals surface area contributed by atoms with Gasteiger partial charge in [-0.3, -0.25) is 14.9 Å². The summed E-state index contributed by atoms with van der Waals surface area (Å²) in [7, 11) is 0. The van der Waals surface area contributed by atoms with Crippen LogP contribution in [-0.2, 0) is 0 Å². The minimum atomic E-state index is -4.50. The van der Waals surface area contributed by atoms with Gasteiger partial charge in [0.15, 0.2) is 0 Å². The molecule has 0 saturated carbocycles. The molecule has 1 aromatic carbocycles. The number of nitro groups is 1. The second-order valence-electron chi connectivity index (χ2n) is 3.83. The Balaban J connectivity index is 2.91. The molecule has 0 fully saturated rings. The number of nitrogens with zero attached hydrogens (tertiary/aromatic N) is 2. The lowest BCUT2D eigenvalue weighted by Crippen LogP contribution is -2.40. The fourth-order valence-electron chi connectivity index (χ4n) is 1.48. The Morgan fingerprint density at radius 1 is 1.30 bits per heavy atom. The summed E-state index contributed by atoms with van der Waals surface area (Å²) in [5.41, 5.74) is -0.259. The van der Waals surface area contributed by atoms with Crippen LogP contribution in [0.4, 0.5) is 18.9 Å². The van der Waals surface area contributed by atoms with Crippen LogP contribution >= 0.6 is 15.9 Å². The average molecular weight is 355 g/mol. The molecule has 0 aromatic heterocycles. The van der Waals surface area contributed by atoms with Gasteiger partial charge in [0.05, 0.1) is 4.92 Å². The molecule has 0 radical (unpaired) electrons. The Morgan fingerprint density at radius 3 is 2.25 bits per heavy atom. The molecule has 0 unspecified atom stereocenters. The number of hydrogen-bond acceptors (Lipinski definition) is 3. The predicted octanol–water partition coefficient (Wildman–Crippen LogP) is 2.99. The molecule has 20 heavy (non-hydrogen) atoms. The molecular weight excluding hydrogens is 345 g/mol. The topological polar surface area (TPSA) is 63.4 Å². The molecule has 0 bridgehead atoms. The van der Waals surface area contributed by atoms with Crippen LogP contribution in [0.25, 0.3) is 0 Å². The van der Waals surface area contributed by atoms with Gasteiger partial charge in [-0.15, -0.1) is 0 Å². The van der Waals surface area contributed by atoms with E-state index in [1.165, 1.54) is 0 Å². The molecule has 1 aromatic rings. The normalized spacial score (nSPS) is 11.2. The minimum absolute atomic E-state index is 0.0270. The summed E-state index contributed by atoms with van der Waals surface area (Å²) in [6.07, 6.45) is -4.50. The van der Waals surface area contributed by atoms with Crippen molar-refractivity contribution in [3.8, 4) is 0 Å². The van der Waals surface area contributed by atoms with E-state index in [2.05, 4.69) is 15.9 Å². The Labute approximate surface area is 120 Å². The Bertz CT molecular complexity index is 491. The van der Waals surface area contributed by atoms with Crippen LogP contribution in [0.5, 0.6) is 0 Å². The van der Waals surface area contributed by atoms with Crippen molar-refractivity contribution in [2.24, 2.45) is 0 Å². The van der Waals surface area contributed by atoms with Crippen molar-refractivity contribution < 1.29 is 22.9 Å². The van der Waals surface area contributed by atoms with Crippen LogP contribution < -0.4 is 0 Å². The van der Waals surface area contributed by atoms with Crippen molar-refractivity contribution in [3.63, 3.8) is 0 Å². The first kappa shape index (κ1) is 16.4. The molecule has 110 valence electrons. The van der Waals surface area contributed by atoms with Crippen LogP contribution in [0.2, 0.25) is 0 Å². The lowest BCUT2D eigenvalue weighted by molar-refractivity contribution is -0.384. The van der Waals surface area contributed by atoms with E-state index in [0.29, 0.717) is 4.90 Å². The summed E-state index contributed by atoms with van der Waals surface area (Å²) >= 11 is 2.98. The van der Waals surface area contributed by atoms with E-state index in [1.54, 1.807) is 0 Å². The highest BCUT2D eigenvalue weighted by Gasteiger charge is 2.33. The SMILES string of the molecule is O=C(c1ccc([N+](=O)[O-])cc1)N(CCBr)CC(F)(F)F. The molecule has 0 atom stereocenters. The van der Waals surface area contributed by atoms with Crippen molar-refractivity contribution in [1.82, 2.24) is 4.90 Å². The molecular formula is C11H10BrF3N2O3. The molecule has 0 heterocycles. The molecule has 5 nitrogen and oxygen atoms in total. The van der Waals surface area contributed by atoms with Crippen molar-refractivity contribution in [2.75, 3.05) is 18.4 Å². The van der Waals surface area contributed by atoms with Gasteiger partial charge in [0.1, 0.15) is 6.54 Å². The lowest BCUT2D eigenvalue weighted by Gasteiger charge is -2.23. The summed E-state index contributed by atoms with van der Waals surface area (Å²) in [6.45, 7) is -1.48. The summed E-state index contributed by atoms with van der Waals surface area (Å²) in [6, 6.07) is 4.43. The van der Waals surface area contributed by atoms with Gasteiger partial charge < -0.3 is 4.90 Å². The summed E-state index contributed by atoms with van der Waals surface area (Å²) in [4.78, 5) is 22.4. The zero-order valence-electron chi connectivity index (χ0n) is 10.1. The Morgan fingerprint density at radius 2 is 1.85 bits per heavy atom. The maximum Gasteiger partial charge on any atom is 0.406 e. The molecule has 0 spiro atoms. The number of alkyl halides is 4. The van der Waals surface area contributed by atoms with Gasteiger partial charge in [-0.25, -0.2) is 0 Å². The number of rotatable bonds is 5. The molecule has 9 heteroatoms. The van der Waals surface area contributed by atoms with E-state index in [1.807, 2.05) is 0 Å². The highest BCUT2D eigenvalue weighted by Crippen LogP contribution is 2.19. The molecule has 0 saturated heterocycles. The molecule has 0 aliphatic heterocycles. The predicted molar refractivity (Wildman–Crippen MR) is 68.8 cm³/mol. The van der Waals surface area contributed by atoms with E-state index >= 15 is 0 Å². The van der Waals surface area contributed by atoms with Crippen molar-refractivity contribution in [2.45, 2.75) is 6.18 Å². The summed E-state index contributed by atoms with van der Waals surface area (Å²) < 4.78 is 37.1. The second kappa shape index (κ2) is 6.69. The van der Waals surface area contributed by atoms with Gasteiger partial charge in [-0.2, -0.15) is 13.2 Å². The number of amides is 1. The van der Waals surface area contributed by atoms with Crippen LogP contribution in [0, 0.1) is 10.1 Å². The first-order valence-electron chi connectivity index (χ1n) is 5.41. The zero-order valence-corrected chi connectivity index (χ0v) is 11.6. The van der Waals surface area contributed by atoms with Gasteiger partial charge in [-0.1, -0.05) is 15.9 Å². The number of carbonyl (C=O) groups excluding carboxylic acids is 1. The maximum atomic E-state index is 12.4. The number of halogens is 4. The van der Waals surface area contributed by atoms with Gasteiger partial charge >= 0.3 is 6.18 Å². The van der Waals surface area contributed by atoms with Gasteiger partial charge in [0, 0.05) is 29.6 Å². The van der Waals surface area contributed by atoms with E-state index in [9.17, 15) is 28.1 Å². The fraction of sp³-hybridized carbons (Fsp3) is 0.364. The third-order valence-electron chi connectivity index (χ3n) is 2.34. The van der Waals surface area contributed by atoms with Crippen molar-refractivity contribution in [1.29, 1.82) is 0 Å². The standard InChI is InChI=1S/C11H10BrF3N2O3/c12-5-6-16(7-11(13,14)15)10(18)8-1-3-9(4-2-8)17(19)20/h1-4H,5-7H2. The van der Waals surface area contributed by atoms with Gasteiger partial charge in [0.2, 0.25) is 0 Å². The molecule has 0 aliphatic carbocycles. The lowest BCUT2D eigenvalue weighted by atomic mass is 10.2. The fourth-order valence-corrected chi connectivity index (χ4v) is 1.91. The molecule has 0 aliphatic rings. The van der Waals surface area contributed by atoms with E-state index in [-0.39, 0.29) is 23.1 Å². The first-order valence-corrected chi connectivity index (χ1v) is 6.53. The summed E-state index contributed by atoms with van der Waals surface area (Å²) in [5.74, 6) is -0.823. The average Bonchev–Trinajstić information content (AvgIpc) is 2.36. The van der Waals surface area contributed by atoms with Gasteiger partial charge in [0.25, 0.3) is 11.6 Å². The number of carbonyl (C=O) groups is 1. The molecule has 1 amide bonds. The van der Waals surface area contributed by atoms with E-state index < -0.39 is 23.6 Å². The highest BCUT2D eigenvalue weighted by atomic mass is 79.9. The number of nitro benzene ring substituents is 1. The minimum Gasteiger partial charge on any atom is -0.329 e. The number of hydrogen-bond donors (Lipinski definition) is 0. The number of non-ortho nitro benzene ring substituents is 1. The third kappa shape index (κ3) is 4.80. The van der Waals surface area contributed by atoms with Crippen molar-refractivity contribution >= 4 is 27.5 Å². The molecule has 0 N–H and O–H groups in total. The third-order valence-corrected chi connectivity index (χ3v) is 2.69. The van der Waals surface area contributed by atoms with Crippen molar-refractivity contribution in [3.05, 3.63) is 39.9 Å². The van der Waals surface area contributed by atoms with E-state index in [0.717, 1.165) is 24.3 Å². The smallest absolute Gasteiger partial charge is 0.329 e. The van der Waals surface area contributed by atoms with Crippen LogP contribution in [0.1, 0.15) is 10.4 Å². The highest BCUT2D eigenvalue weighted by molar-refractivity contribution is 9.09. The monoisotopic (exact) mass is 354 g/mol. The Hall–Kier alpha value is -1.64. The van der Waals surface area contributed by atoms with E-state index in [4.69, 9.17) is 0 Å². The van der Waals surface area contributed by atoms with Crippen LogP contribution in [-0.4, -0.2) is 40.3 Å². The largest absolute Gasteiger partial charge is 0.406 e.